The fourth-order valence-corrected chi connectivity index (χ4v) is 7.93. The van der Waals surface area contributed by atoms with E-state index in [4.69, 9.17) is 4.42 Å². The highest BCUT2D eigenvalue weighted by Crippen LogP contribution is 2.46. The molecule has 9 aromatic carbocycles. The summed E-state index contributed by atoms with van der Waals surface area (Å²) in [6.07, 6.45) is 0. The Kier molecular flexibility index (Phi) is 7.18. The molecule has 0 bridgehead atoms. The average molecular weight is 664 g/mol. The van der Waals surface area contributed by atoms with Gasteiger partial charge >= 0.3 is 0 Å². The van der Waals surface area contributed by atoms with Crippen molar-refractivity contribution in [1.82, 2.24) is 0 Å². The lowest BCUT2D eigenvalue weighted by molar-refractivity contribution is 0.669. The quantitative estimate of drug-likeness (QED) is 0.165. The Hall–Kier alpha value is -6.90. The Morgan fingerprint density at radius 3 is 1.54 bits per heavy atom. The molecule has 2 nitrogen and oxygen atoms in total. The molecule has 2 heteroatoms. The van der Waals surface area contributed by atoms with Crippen LogP contribution in [0.25, 0.3) is 76.9 Å². The molecule has 0 amide bonds. The Labute approximate surface area is 302 Å². The third-order valence-electron chi connectivity index (χ3n) is 10.2. The van der Waals surface area contributed by atoms with E-state index in [9.17, 15) is 0 Å². The van der Waals surface area contributed by atoms with E-state index in [1.807, 2.05) is 12.1 Å². The summed E-state index contributed by atoms with van der Waals surface area (Å²) in [5.41, 5.74) is 12.3. The van der Waals surface area contributed by atoms with Crippen LogP contribution >= 0.6 is 0 Å². The van der Waals surface area contributed by atoms with Crippen LogP contribution in [-0.4, -0.2) is 0 Å². The van der Waals surface area contributed by atoms with Gasteiger partial charge in [0.2, 0.25) is 0 Å². The Balaban J connectivity index is 1.16. The first-order valence-electron chi connectivity index (χ1n) is 17.8. The molecule has 10 rings (SSSR count). The second-order valence-electron chi connectivity index (χ2n) is 13.3. The minimum Gasteiger partial charge on any atom is -0.456 e. The van der Waals surface area contributed by atoms with Crippen molar-refractivity contribution in [3.63, 3.8) is 0 Å². The van der Waals surface area contributed by atoms with E-state index in [2.05, 4.69) is 193 Å². The highest BCUT2D eigenvalue weighted by molar-refractivity contribution is 6.22. The summed E-state index contributed by atoms with van der Waals surface area (Å²) in [6, 6.07) is 71.6. The molecule has 0 saturated carbocycles. The Morgan fingerprint density at radius 2 is 0.827 bits per heavy atom. The van der Waals surface area contributed by atoms with E-state index in [0.717, 1.165) is 39.0 Å². The van der Waals surface area contributed by atoms with Crippen molar-refractivity contribution in [1.29, 1.82) is 0 Å². The van der Waals surface area contributed by atoms with Crippen LogP contribution in [0.5, 0.6) is 0 Å². The van der Waals surface area contributed by atoms with Gasteiger partial charge in [0.25, 0.3) is 0 Å². The molecule has 1 aromatic heterocycles. The van der Waals surface area contributed by atoms with Gasteiger partial charge in [-0.3, -0.25) is 0 Å². The number of furan rings is 1. The standard InChI is InChI=1S/C50H33NO/c1-4-15-35(16-5-1)48-42-22-11-10-21-40(42)41-32-29-37(33-44(41)49(48)36-17-6-2-7-18-36)34-27-30-39(31-28-34)51(38-19-8-3-9-20-38)45-24-14-26-47-50(45)43-23-12-13-25-46(43)52-47/h1-33H. The number of nitrogens with zero attached hydrogens (tertiary/aromatic N) is 1. The smallest absolute Gasteiger partial charge is 0.137 e. The molecular formula is C50H33NO. The lowest BCUT2D eigenvalue weighted by atomic mass is 9.84. The molecule has 0 unspecified atom stereocenters. The van der Waals surface area contributed by atoms with E-state index in [0.29, 0.717) is 0 Å². The number of hydrogen-bond acceptors (Lipinski definition) is 2. The SMILES string of the molecule is c1ccc(-c2c(-c3ccccc3)c3cc(-c4ccc(N(c5ccccc5)c5cccc6oc7ccccc7c56)cc4)ccc3c3ccccc23)cc1. The van der Waals surface area contributed by atoms with Gasteiger partial charge in [0.1, 0.15) is 11.2 Å². The topological polar surface area (TPSA) is 16.4 Å². The second kappa shape index (κ2) is 12.5. The zero-order valence-corrected chi connectivity index (χ0v) is 28.4. The maximum absolute atomic E-state index is 6.31. The molecule has 0 aliphatic heterocycles. The number of hydrogen-bond donors (Lipinski definition) is 0. The van der Waals surface area contributed by atoms with Crippen molar-refractivity contribution in [2.75, 3.05) is 4.90 Å². The summed E-state index contributed by atoms with van der Waals surface area (Å²) in [6.45, 7) is 0. The van der Waals surface area contributed by atoms with Crippen LogP contribution in [0.2, 0.25) is 0 Å². The molecule has 0 aliphatic carbocycles. The summed E-state index contributed by atoms with van der Waals surface area (Å²) in [4.78, 5) is 2.33. The maximum atomic E-state index is 6.31. The summed E-state index contributed by atoms with van der Waals surface area (Å²) >= 11 is 0. The van der Waals surface area contributed by atoms with E-state index in [1.165, 1.54) is 54.9 Å². The van der Waals surface area contributed by atoms with Crippen LogP contribution in [0.15, 0.2) is 205 Å². The summed E-state index contributed by atoms with van der Waals surface area (Å²) in [5.74, 6) is 0. The molecule has 52 heavy (non-hydrogen) atoms. The van der Waals surface area contributed by atoms with Crippen molar-refractivity contribution in [2.24, 2.45) is 0 Å². The molecule has 244 valence electrons. The number of rotatable bonds is 6. The summed E-state index contributed by atoms with van der Waals surface area (Å²) in [7, 11) is 0. The van der Waals surface area contributed by atoms with Gasteiger partial charge in [-0.05, 0) is 103 Å². The Morgan fingerprint density at radius 1 is 0.308 bits per heavy atom. The van der Waals surface area contributed by atoms with E-state index >= 15 is 0 Å². The molecule has 0 N–H and O–H groups in total. The van der Waals surface area contributed by atoms with Gasteiger partial charge in [0.05, 0.1) is 11.1 Å². The first-order valence-corrected chi connectivity index (χ1v) is 17.8. The molecule has 0 radical (unpaired) electrons. The summed E-state index contributed by atoms with van der Waals surface area (Å²) in [5, 5.41) is 7.24. The van der Waals surface area contributed by atoms with Crippen LogP contribution in [0, 0.1) is 0 Å². The molecule has 0 fully saturated rings. The minimum atomic E-state index is 0.879. The van der Waals surface area contributed by atoms with Gasteiger partial charge in [-0.2, -0.15) is 0 Å². The fraction of sp³-hybridized carbons (Fsp3) is 0. The van der Waals surface area contributed by atoms with Gasteiger partial charge in [-0.25, -0.2) is 0 Å². The van der Waals surface area contributed by atoms with Crippen molar-refractivity contribution >= 4 is 60.5 Å². The zero-order chi connectivity index (χ0) is 34.4. The highest BCUT2D eigenvalue weighted by Gasteiger charge is 2.20. The molecule has 0 saturated heterocycles. The third kappa shape index (κ3) is 4.96. The minimum absolute atomic E-state index is 0.879. The highest BCUT2D eigenvalue weighted by atomic mass is 16.3. The normalized spacial score (nSPS) is 11.5. The van der Waals surface area contributed by atoms with Crippen molar-refractivity contribution in [2.45, 2.75) is 0 Å². The van der Waals surface area contributed by atoms with Gasteiger partial charge in [0.15, 0.2) is 0 Å². The van der Waals surface area contributed by atoms with Gasteiger partial charge < -0.3 is 9.32 Å². The van der Waals surface area contributed by atoms with E-state index in [-0.39, 0.29) is 0 Å². The van der Waals surface area contributed by atoms with Crippen LogP contribution in [0.3, 0.4) is 0 Å². The van der Waals surface area contributed by atoms with Gasteiger partial charge in [0, 0.05) is 16.8 Å². The number of fused-ring (bicyclic) bond motifs is 6. The Bertz CT molecular complexity index is 2870. The number of anilines is 3. The molecule has 0 atom stereocenters. The first kappa shape index (κ1) is 30.0. The van der Waals surface area contributed by atoms with Crippen molar-refractivity contribution in [3.05, 3.63) is 200 Å². The number of benzene rings is 9. The molecule has 1 heterocycles. The zero-order valence-electron chi connectivity index (χ0n) is 28.4. The van der Waals surface area contributed by atoms with Crippen LogP contribution in [0.4, 0.5) is 17.1 Å². The largest absolute Gasteiger partial charge is 0.456 e. The average Bonchev–Trinajstić information content (AvgIpc) is 3.61. The van der Waals surface area contributed by atoms with Gasteiger partial charge in [-0.1, -0.05) is 152 Å². The van der Waals surface area contributed by atoms with E-state index in [1.54, 1.807) is 0 Å². The van der Waals surface area contributed by atoms with Crippen molar-refractivity contribution < 1.29 is 4.42 Å². The molecule has 0 aliphatic rings. The van der Waals surface area contributed by atoms with Crippen LogP contribution in [-0.2, 0) is 0 Å². The third-order valence-corrected chi connectivity index (χ3v) is 10.2. The fourth-order valence-electron chi connectivity index (χ4n) is 7.93. The molecule has 0 spiro atoms. The lowest BCUT2D eigenvalue weighted by Gasteiger charge is -2.26. The molecule has 10 aromatic rings. The maximum Gasteiger partial charge on any atom is 0.137 e. The molecular weight excluding hydrogens is 631 g/mol. The number of para-hydroxylation sites is 2. The second-order valence-corrected chi connectivity index (χ2v) is 13.3. The predicted octanol–water partition coefficient (Wildman–Crippen LogP) is 14.4. The van der Waals surface area contributed by atoms with E-state index < -0.39 is 0 Å². The van der Waals surface area contributed by atoms with Crippen LogP contribution in [0.1, 0.15) is 0 Å². The first-order chi connectivity index (χ1) is 25.8. The van der Waals surface area contributed by atoms with Gasteiger partial charge in [-0.15, -0.1) is 0 Å². The van der Waals surface area contributed by atoms with Crippen molar-refractivity contribution in [3.8, 4) is 33.4 Å². The van der Waals surface area contributed by atoms with Crippen LogP contribution < -0.4 is 4.90 Å². The predicted molar refractivity (Wildman–Crippen MR) is 220 cm³/mol. The monoisotopic (exact) mass is 663 g/mol. The summed E-state index contributed by atoms with van der Waals surface area (Å²) < 4.78 is 6.31. The lowest BCUT2D eigenvalue weighted by Crippen LogP contribution is -2.10.